The van der Waals surface area contributed by atoms with Crippen molar-refractivity contribution < 1.29 is 43.1 Å². The van der Waals surface area contributed by atoms with Gasteiger partial charge in [0.15, 0.2) is 12.6 Å². The van der Waals surface area contributed by atoms with E-state index in [1.54, 1.807) is 43.3 Å². The highest BCUT2D eigenvalue weighted by atomic mass is 16.8. The summed E-state index contributed by atoms with van der Waals surface area (Å²) < 4.78 is 34.8. The van der Waals surface area contributed by atoms with E-state index in [9.17, 15) is 14.7 Å². The number of phenols is 1. The van der Waals surface area contributed by atoms with Gasteiger partial charge >= 0.3 is 11.9 Å². The second kappa shape index (κ2) is 12.7. The highest BCUT2D eigenvalue weighted by Gasteiger charge is 2.45. The number of cyclic esters (lactones) is 1. The first-order chi connectivity index (χ1) is 19.1. The Bertz CT molecular complexity index is 1250. The summed E-state index contributed by atoms with van der Waals surface area (Å²) in [6.07, 6.45) is 5.08. The van der Waals surface area contributed by atoms with Crippen molar-refractivity contribution >= 4 is 18.0 Å². The third-order valence-electron chi connectivity index (χ3n) is 6.76. The quantitative estimate of drug-likeness (QED) is 0.301. The van der Waals surface area contributed by atoms with Crippen LogP contribution in [0.2, 0.25) is 0 Å². The highest BCUT2D eigenvalue weighted by Crippen LogP contribution is 2.35. The molecule has 5 atom stereocenters. The minimum Gasteiger partial charge on any atom is -0.508 e. The Kier molecular flexibility index (Phi) is 9.29. The maximum atomic E-state index is 13.4. The van der Waals surface area contributed by atoms with E-state index >= 15 is 0 Å². The molecule has 0 amide bonds. The van der Waals surface area contributed by atoms with Crippen LogP contribution < -0.4 is 4.74 Å². The summed E-state index contributed by atoms with van der Waals surface area (Å²) in [6, 6.07) is 11.6. The van der Waals surface area contributed by atoms with Crippen LogP contribution in [-0.2, 0) is 23.7 Å². The molecular formula is C31H36O9. The number of carbonyl (C=O) groups is 2. The number of methoxy groups -OCH3 is 1. The largest absolute Gasteiger partial charge is 0.508 e. The summed E-state index contributed by atoms with van der Waals surface area (Å²) in [5, 5.41) is 10.3. The molecule has 0 radical (unpaired) electrons. The SMILES string of the molecule is COCOc1cc(O)cc2c1C(=O)O[C@@H](C)[C@H](C)/C=C\[C@H](OC(=O)c1ccccc1)[C@H]1OC(C)(C)O[C@H]1C/C=C/2. The number of benzene rings is 2. The van der Waals surface area contributed by atoms with Gasteiger partial charge in [0, 0.05) is 19.1 Å². The number of hydrogen-bond acceptors (Lipinski definition) is 9. The Morgan fingerprint density at radius 2 is 1.85 bits per heavy atom. The van der Waals surface area contributed by atoms with Crippen molar-refractivity contribution in [2.24, 2.45) is 5.92 Å². The van der Waals surface area contributed by atoms with Gasteiger partial charge in [-0.1, -0.05) is 43.4 Å². The van der Waals surface area contributed by atoms with E-state index in [0.717, 1.165) is 0 Å². The molecule has 9 heteroatoms. The van der Waals surface area contributed by atoms with E-state index in [4.69, 9.17) is 28.4 Å². The van der Waals surface area contributed by atoms with Gasteiger partial charge < -0.3 is 33.5 Å². The lowest BCUT2D eigenvalue weighted by Crippen LogP contribution is -2.37. The van der Waals surface area contributed by atoms with E-state index < -0.39 is 42.1 Å². The summed E-state index contributed by atoms with van der Waals surface area (Å²) in [6.45, 7) is 7.16. The molecule has 2 aliphatic heterocycles. The molecule has 214 valence electrons. The van der Waals surface area contributed by atoms with Gasteiger partial charge in [-0.25, -0.2) is 9.59 Å². The number of ether oxygens (including phenoxy) is 6. The van der Waals surface area contributed by atoms with E-state index in [2.05, 4.69) is 0 Å². The van der Waals surface area contributed by atoms with Crippen LogP contribution in [0, 0.1) is 5.92 Å². The summed E-state index contributed by atoms with van der Waals surface area (Å²) in [5.41, 5.74) is 0.995. The average molecular weight is 553 g/mol. The highest BCUT2D eigenvalue weighted by molar-refractivity contribution is 5.97. The molecule has 2 aliphatic rings. The van der Waals surface area contributed by atoms with Gasteiger partial charge in [-0.3, -0.25) is 0 Å². The molecule has 0 aromatic heterocycles. The van der Waals surface area contributed by atoms with Gasteiger partial charge in [0.05, 0.1) is 11.7 Å². The molecular weight excluding hydrogens is 516 g/mol. The van der Waals surface area contributed by atoms with E-state index in [-0.39, 0.29) is 29.8 Å². The van der Waals surface area contributed by atoms with Crippen LogP contribution in [0.1, 0.15) is 60.4 Å². The lowest BCUT2D eigenvalue weighted by Gasteiger charge is -2.25. The van der Waals surface area contributed by atoms with Crippen LogP contribution in [0.4, 0.5) is 0 Å². The molecule has 0 saturated carbocycles. The van der Waals surface area contributed by atoms with E-state index in [1.807, 2.05) is 39.0 Å². The van der Waals surface area contributed by atoms with Crippen LogP contribution in [0.5, 0.6) is 11.5 Å². The Morgan fingerprint density at radius 1 is 1.10 bits per heavy atom. The third kappa shape index (κ3) is 7.10. The fourth-order valence-electron chi connectivity index (χ4n) is 4.62. The summed E-state index contributed by atoms with van der Waals surface area (Å²) >= 11 is 0. The fraction of sp³-hybridized carbons (Fsp3) is 0.419. The van der Waals surface area contributed by atoms with Crippen LogP contribution in [0.3, 0.4) is 0 Å². The number of fused-ring (bicyclic) bond motifs is 2. The fourth-order valence-corrected chi connectivity index (χ4v) is 4.62. The lowest BCUT2D eigenvalue weighted by atomic mass is 9.98. The normalized spacial score (nSPS) is 27.8. The van der Waals surface area contributed by atoms with E-state index in [1.165, 1.54) is 19.2 Å². The first-order valence-corrected chi connectivity index (χ1v) is 13.2. The predicted molar refractivity (Wildman–Crippen MR) is 147 cm³/mol. The number of esters is 2. The first kappa shape index (κ1) is 29.3. The Labute approximate surface area is 234 Å². The van der Waals surface area contributed by atoms with Crippen molar-refractivity contribution in [1.82, 2.24) is 0 Å². The topological polar surface area (TPSA) is 110 Å². The Morgan fingerprint density at radius 3 is 2.58 bits per heavy atom. The molecule has 2 aromatic rings. The molecule has 40 heavy (non-hydrogen) atoms. The number of carbonyl (C=O) groups excluding carboxylic acids is 2. The minimum absolute atomic E-state index is 0.0832. The summed E-state index contributed by atoms with van der Waals surface area (Å²) in [5.74, 6) is -2.21. The molecule has 1 saturated heterocycles. The van der Waals surface area contributed by atoms with Gasteiger partial charge in [0.1, 0.15) is 35.4 Å². The van der Waals surface area contributed by atoms with Crippen molar-refractivity contribution in [2.75, 3.05) is 13.9 Å². The standard InChI is InChI=1S/C31H36O9/c1-19-14-15-24(38-29(33)21-10-7-6-8-11-21)28-25(39-31(3,4)40-28)13-9-12-22-16-23(32)17-26(36-18-35-5)27(22)30(34)37-20(19)2/h6-12,14-17,19-20,24-25,28,32H,13,18H2,1-5H3/b12-9+,15-14-/t19-,20+,24+,25+,28-/m1/s1. The molecule has 0 bridgehead atoms. The molecule has 2 aromatic carbocycles. The zero-order chi connectivity index (χ0) is 28.9. The van der Waals surface area contributed by atoms with Crippen LogP contribution in [0.25, 0.3) is 6.08 Å². The van der Waals surface area contributed by atoms with Crippen LogP contribution in [-0.4, -0.2) is 61.2 Å². The molecule has 4 rings (SSSR count). The summed E-state index contributed by atoms with van der Waals surface area (Å²) in [4.78, 5) is 26.4. The van der Waals surface area contributed by atoms with Crippen LogP contribution in [0.15, 0.2) is 60.7 Å². The summed E-state index contributed by atoms with van der Waals surface area (Å²) in [7, 11) is 1.46. The zero-order valence-electron chi connectivity index (χ0n) is 23.4. The molecule has 0 spiro atoms. The molecule has 0 unspecified atom stereocenters. The first-order valence-electron chi connectivity index (χ1n) is 13.2. The van der Waals surface area contributed by atoms with Crippen molar-refractivity contribution in [3.63, 3.8) is 0 Å². The van der Waals surface area contributed by atoms with Crippen molar-refractivity contribution in [1.29, 1.82) is 0 Å². The van der Waals surface area contributed by atoms with Gasteiger partial charge in [-0.05, 0) is 57.0 Å². The number of hydrogen-bond donors (Lipinski definition) is 1. The number of rotatable bonds is 5. The van der Waals surface area contributed by atoms with Gasteiger partial charge in [-0.15, -0.1) is 0 Å². The zero-order valence-corrected chi connectivity index (χ0v) is 23.4. The lowest BCUT2D eigenvalue weighted by molar-refractivity contribution is -0.152. The Balaban J connectivity index is 1.73. The molecule has 9 nitrogen and oxygen atoms in total. The third-order valence-corrected chi connectivity index (χ3v) is 6.76. The molecule has 2 heterocycles. The predicted octanol–water partition coefficient (Wildman–Crippen LogP) is 5.28. The monoisotopic (exact) mass is 552 g/mol. The van der Waals surface area contributed by atoms with E-state index in [0.29, 0.717) is 17.5 Å². The van der Waals surface area contributed by atoms with Gasteiger partial charge in [0.25, 0.3) is 0 Å². The van der Waals surface area contributed by atoms with Crippen molar-refractivity contribution in [3.8, 4) is 11.5 Å². The second-order valence-corrected chi connectivity index (χ2v) is 10.3. The maximum absolute atomic E-state index is 13.4. The molecule has 1 fully saturated rings. The minimum atomic E-state index is -0.919. The van der Waals surface area contributed by atoms with Crippen molar-refractivity contribution in [3.05, 3.63) is 77.4 Å². The van der Waals surface area contributed by atoms with Crippen molar-refractivity contribution in [2.45, 2.75) is 64.3 Å². The number of aromatic hydroxyl groups is 1. The van der Waals surface area contributed by atoms with Gasteiger partial charge in [0.2, 0.25) is 0 Å². The van der Waals surface area contributed by atoms with Crippen LogP contribution >= 0.6 is 0 Å². The van der Waals surface area contributed by atoms with Gasteiger partial charge in [-0.2, -0.15) is 0 Å². The molecule has 1 N–H and O–H groups in total. The smallest absolute Gasteiger partial charge is 0.342 e. The number of phenolic OH excluding ortho intramolecular Hbond substituents is 1. The Hall–Kier alpha value is -3.66. The second-order valence-electron chi connectivity index (χ2n) is 10.3. The molecule has 0 aliphatic carbocycles. The maximum Gasteiger partial charge on any atom is 0.342 e. The average Bonchev–Trinajstić information content (AvgIpc) is 3.22.